The molecule has 0 aliphatic carbocycles. The lowest BCUT2D eigenvalue weighted by Crippen LogP contribution is -2.33. The van der Waals surface area contributed by atoms with Crippen molar-refractivity contribution in [2.24, 2.45) is 0 Å². The molecule has 0 spiro atoms. The van der Waals surface area contributed by atoms with Crippen molar-refractivity contribution in [3.63, 3.8) is 0 Å². The van der Waals surface area contributed by atoms with Crippen molar-refractivity contribution in [2.75, 3.05) is 20.1 Å². The van der Waals surface area contributed by atoms with Gasteiger partial charge in [-0.1, -0.05) is 22.0 Å². The Kier molecular flexibility index (Phi) is 3.84. The minimum absolute atomic E-state index is 0.140. The van der Waals surface area contributed by atoms with E-state index in [1.54, 1.807) is 0 Å². The Hall–Kier alpha value is -0.870. The van der Waals surface area contributed by atoms with Crippen molar-refractivity contribution in [3.05, 3.63) is 33.8 Å². The van der Waals surface area contributed by atoms with Crippen LogP contribution in [0.5, 0.6) is 0 Å². The SMILES string of the molecule is CNC1CCN(C(=O)c2cccc(Br)c2C)C1. The summed E-state index contributed by atoms with van der Waals surface area (Å²) in [6.45, 7) is 3.63. The van der Waals surface area contributed by atoms with Gasteiger partial charge in [0.25, 0.3) is 5.91 Å². The molecule has 1 aromatic carbocycles. The summed E-state index contributed by atoms with van der Waals surface area (Å²) in [5.74, 6) is 0.140. The van der Waals surface area contributed by atoms with Crippen molar-refractivity contribution >= 4 is 21.8 Å². The van der Waals surface area contributed by atoms with E-state index in [2.05, 4.69) is 21.2 Å². The van der Waals surface area contributed by atoms with Gasteiger partial charge in [-0.2, -0.15) is 0 Å². The van der Waals surface area contributed by atoms with E-state index < -0.39 is 0 Å². The molecule has 17 heavy (non-hydrogen) atoms. The van der Waals surface area contributed by atoms with E-state index in [1.807, 2.05) is 37.1 Å². The summed E-state index contributed by atoms with van der Waals surface area (Å²) in [6.07, 6.45) is 1.04. The number of likely N-dealkylation sites (N-methyl/N-ethyl adjacent to an activating group) is 1. The summed E-state index contributed by atoms with van der Waals surface area (Å²) >= 11 is 3.47. The summed E-state index contributed by atoms with van der Waals surface area (Å²) in [4.78, 5) is 14.3. The van der Waals surface area contributed by atoms with Gasteiger partial charge in [0.1, 0.15) is 0 Å². The summed E-state index contributed by atoms with van der Waals surface area (Å²) < 4.78 is 0.993. The van der Waals surface area contributed by atoms with Crippen LogP contribution in [0.15, 0.2) is 22.7 Å². The van der Waals surface area contributed by atoms with Crippen LogP contribution in [0.1, 0.15) is 22.3 Å². The number of rotatable bonds is 2. The number of carbonyl (C=O) groups is 1. The number of amides is 1. The molecule has 1 aromatic rings. The molecule has 1 fully saturated rings. The Morgan fingerprint density at radius 1 is 1.53 bits per heavy atom. The lowest BCUT2D eigenvalue weighted by molar-refractivity contribution is 0.0789. The molecule has 0 aromatic heterocycles. The maximum absolute atomic E-state index is 12.4. The van der Waals surface area contributed by atoms with Crippen LogP contribution in [0.25, 0.3) is 0 Å². The van der Waals surface area contributed by atoms with Crippen LogP contribution in [-0.4, -0.2) is 37.0 Å². The van der Waals surface area contributed by atoms with Crippen LogP contribution in [0.2, 0.25) is 0 Å². The Labute approximate surface area is 110 Å². The summed E-state index contributed by atoms with van der Waals surface area (Å²) in [7, 11) is 1.95. The van der Waals surface area contributed by atoms with E-state index >= 15 is 0 Å². The molecule has 1 heterocycles. The third-order valence-electron chi connectivity index (χ3n) is 3.38. The molecule has 4 heteroatoms. The average molecular weight is 297 g/mol. The Morgan fingerprint density at radius 2 is 2.29 bits per heavy atom. The van der Waals surface area contributed by atoms with Crippen molar-refractivity contribution in [2.45, 2.75) is 19.4 Å². The number of hydrogen-bond donors (Lipinski definition) is 1. The third kappa shape index (κ3) is 2.53. The summed E-state index contributed by atoms with van der Waals surface area (Å²) in [5, 5.41) is 3.22. The van der Waals surface area contributed by atoms with Crippen molar-refractivity contribution in [3.8, 4) is 0 Å². The first kappa shape index (κ1) is 12.6. The van der Waals surface area contributed by atoms with E-state index in [0.717, 1.165) is 35.1 Å². The predicted molar refractivity (Wildman–Crippen MR) is 72.2 cm³/mol. The van der Waals surface area contributed by atoms with Gasteiger partial charge in [0.05, 0.1) is 0 Å². The fraction of sp³-hybridized carbons (Fsp3) is 0.462. The largest absolute Gasteiger partial charge is 0.337 e. The van der Waals surface area contributed by atoms with Gasteiger partial charge < -0.3 is 10.2 Å². The van der Waals surface area contributed by atoms with Gasteiger partial charge in [0.2, 0.25) is 0 Å². The summed E-state index contributed by atoms with van der Waals surface area (Å²) in [5.41, 5.74) is 1.82. The molecule has 92 valence electrons. The lowest BCUT2D eigenvalue weighted by Gasteiger charge is -2.18. The minimum atomic E-state index is 0.140. The zero-order chi connectivity index (χ0) is 12.4. The van der Waals surface area contributed by atoms with Crippen LogP contribution >= 0.6 is 15.9 Å². The first-order chi connectivity index (χ1) is 8.13. The highest BCUT2D eigenvalue weighted by atomic mass is 79.9. The number of likely N-dealkylation sites (tertiary alicyclic amines) is 1. The van der Waals surface area contributed by atoms with Gasteiger partial charge in [-0.05, 0) is 38.1 Å². The Balaban J connectivity index is 2.18. The molecule has 1 aliphatic heterocycles. The van der Waals surface area contributed by atoms with E-state index in [4.69, 9.17) is 0 Å². The molecule has 1 saturated heterocycles. The second-order valence-electron chi connectivity index (χ2n) is 4.44. The monoisotopic (exact) mass is 296 g/mol. The number of halogens is 1. The van der Waals surface area contributed by atoms with Gasteiger partial charge in [-0.25, -0.2) is 0 Å². The number of nitrogens with zero attached hydrogens (tertiary/aromatic N) is 1. The molecule has 1 atom stereocenters. The predicted octanol–water partition coefficient (Wildman–Crippen LogP) is 2.19. The van der Waals surface area contributed by atoms with Gasteiger partial charge >= 0.3 is 0 Å². The van der Waals surface area contributed by atoms with Gasteiger partial charge in [0, 0.05) is 29.2 Å². The second kappa shape index (κ2) is 5.19. The average Bonchev–Trinajstić information content (AvgIpc) is 2.80. The zero-order valence-electron chi connectivity index (χ0n) is 10.2. The smallest absolute Gasteiger partial charge is 0.254 e. The highest BCUT2D eigenvalue weighted by molar-refractivity contribution is 9.10. The van der Waals surface area contributed by atoms with Gasteiger partial charge in [-0.15, -0.1) is 0 Å². The zero-order valence-corrected chi connectivity index (χ0v) is 11.8. The van der Waals surface area contributed by atoms with Crippen LogP contribution in [-0.2, 0) is 0 Å². The maximum atomic E-state index is 12.4. The van der Waals surface area contributed by atoms with Crippen molar-refractivity contribution in [1.82, 2.24) is 10.2 Å². The molecular formula is C13H17BrN2O. The Bertz CT molecular complexity index is 433. The normalized spacial score (nSPS) is 19.7. The second-order valence-corrected chi connectivity index (χ2v) is 5.29. The van der Waals surface area contributed by atoms with Crippen molar-refractivity contribution in [1.29, 1.82) is 0 Å². The number of hydrogen-bond acceptors (Lipinski definition) is 2. The van der Waals surface area contributed by atoms with Gasteiger partial charge in [-0.3, -0.25) is 4.79 Å². The minimum Gasteiger partial charge on any atom is -0.337 e. The number of carbonyl (C=O) groups excluding carboxylic acids is 1. The van der Waals surface area contributed by atoms with Crippen molar-refractivity contribution < 1.29 is 4.79 Å². The van der Waals surface area contributed by atoms with E-state index in [1.165, 1.54) is 0 Å². The first-order valence-electron chi connectivity index (χ1n) is 5.85. The molecule has 0 bridgehead atoms. The molecule has 0 radical (unpaired) electrons. The Morgan fingerprint density at radius 3 is 2.94 bits per heavy atom. The molecular weight excluding hydrogens is 280 g/mol. The molecule has 0 saturated carbocycles. The van der Waals surface area contributed by atoms with E-state index in [-0.39, 0.29) is 5.91 Å². The highest BCUT2D eigenvalue weighted by Crippen LogP contribution is 2.22. The molecule has 1 aliphatic rings. The molecule has 1 N–H and O–H groups in total. The van der Waals surface area contributed by atoms with E-state index in [9.17, 15) is 4.79 Å². The lowest BCUT2D eigenvalue weighted by atomic mass is 10.1. The van der Waals surface area contributed by atoms with Crippen LogP contribution in [0.4, 0.5) is 0 Å². The van der Waals surface area contributed by atoms with E-state index in [0.29, 0.717) is 6.04 Å². The fourth-order valence-corrected chi connectivity index (χ4v) is 2.56. The van der Waals surface area contributed by atoms with Crippen LogP contribution in [0.3, 0.4) is 0 Å². The highest BCUT2D eigenvalue weighted by Gasteiger charge is 2.26. The van der Waals surface area contributed by atoms with Crippen LogP contribution in [0, 0.1) is 6.92 Å². The topological polar surface area (TPSA) is 32.3 Å². The van der Waals surface area contributed by atoms with Gasteiger partial charge in [0.15, 0.2) is 0 Å². The fourth-order valence-electron chi connectivity index (χ4n) is 2.19. The third-order valence-corrected chi connectivity index (χ3v) is 4.24. The standard InChI is InChI=1S/C13H17BrN2O/c1-9-11(4-3-5-12(9)14)13(17)16-7-6-10(8-16)15-2/h3-5,10,15H,6-8H2,1-2H3. The first-order valence-corrected chi connectivity index (χ1v) is 6.64. The number of nitrogens with one attached hydrogen (secondary N) is 1. The molecule has 2 rings (SSSR count). The number of benzene rings is 1. The summed E-state index contributed by atoms with van der Waals surface area (Å²) in [6, 6.07) is 6.21. The maximum Gasteiger partial charge on any atom is 0.254 e. The quantitative estimate of drug-likeness (QED) is 0.907. The van der Waals surface area contributed by atoms with Crippen LogP contribution < -0.4 is 5.32 Å². The molecule has 1 amide bonds. The molecule has 3 nitrogen and oxygen atoms in total. The molecule has 1 unspecified atom stereocenters.